The van der Waals surface area contributed by atoms with Crippen LogP contribution in [-0.2, 0) is 0 Å². The molecule has 0 aromatic carbocycles. The normalized spacial score (nSPS) is 19.8. The highest BCUT2D eigenvalue weighted by Gasteiger charge is 2.06. The summed E-state index contributed by atoms with van der Waals surface area (Å²) in [7, 11) is 1.83. The largest absolute Gasteiger partial charge is 0.296 e. The molecule has 0 amide bonds. The van der Waals surface area contributed by atoms with Gasteiger partial charge in [-0.15, -0.1) is 0 Å². The van der Waals surface area contributed by atoms with Gasteiger partial charge in [0.15, 0.2) is 0 Å². The minimum atomic E-state index is 1.18. The first-order chi connectivity index (χ1) is 5.88. The van der Waals surface area contributed by atoms with Gasteiger partial charge < -0.3 is 0 Å². The number of hydrogen-bond donors (Lipinski definition) is 0. The topological polar surface area (TPSA) is 12.4 Å². The highest BCUT2D eigenvalue weighted by molar-refractivity contribution is 5.80. The van der Waals surface area contributed by atoms with Gasteiger partial charge in [0.1, 0.15) is 0 Å². The Bertz CT molecular complexity index is 211. The molecule has 0 unspecified atom stereocenters. The molecule has 0 heterocycles. The lowest BCUT2D eigenvalue weighted by Crippen LogP contribution is -1.89. The second kappa shape index (κ2) is 4.91. The Balaban J connectivity index is 2.81. The van der Waals surface area contributed by atoms with E-state index >= 15 is 0 Å². The summed E-state index contributed by atoms with van der Waals surface area (Å²) in [5.74, 6) is 0. The molecule has 0 atom stereocenters. The lowest BCUT2D eigenvalue weighted by Gasteiger charge is -2.02. The quantitative estimate of drug-likeness (QED) is 0.554. The van der Waals surface area contributed by atoms with Gasteiger partial charge in [0.25, 0.3) is 0 Å². The Hall–Kier alpha value is -0.850. The average molecular weight is 163 g/mol. The number of aliphatic imine (C=N–C) groups is 1. The van der Waals surface area contributed by atoms with Crippen LogP contribution in [0.25, 0.3) is 0 Å². The molecule has 1 nitrogen and oxygen atoms in total. The van der Waals surface area contributed by atoms with Crippen molar-refractivity contribution < 1.29 is 0 Å². The molecule has 1 aliphatic rings. The Labute approximate surface area is 74.9 Å². The lowest BCUT2D eigenvalue weighted by atomic mass is 10.0. The summed E-state index contributed by atoms with van der Waals surface area (Å²) in [6, 6.07) is 0. The highest BCUT2D eigenvalue weighted by atomic mass is 14.6. The number of hydrogen-bond acceptors (Lipinski definition) is 1. The van der Waals surface area contributed by atoms with Crippen molar-refractivity contribution in [1.29, 1.82) is 0 Å². The molecule has 0 N–H and O–H groups in total. The van der Waals surface area contributed by atoms with Crippen LogP contribution in [0.15, 0.2) is 28.8 Å². The molecule has 0 fully saturated rings. The molecular weight excluding hydrogens is 146 g/mol. The van der Waals surface area contributed by atoms with Gasteiger partial charge in [0, 0.05) is 13.3 Å². The van der Waals surface area contributed by atoms with Gasteiger partial charge in [-0.2, -0.15) is 0 Å². The van der Waals surface area contributed by atoms with Crippen molar-refractivity contribution in [2.45, 2.75) is 32.1 Å². The van der Waals surface area contributed by atoms with Crippen LogP contribution in [0, 0.1) is 0 Å². The molecule has 0 saturated carbocycles. The Kier molecular flexibility index (Phi) is 3.78. The minimum Gasteiger partial charge on any atom is -0.296 e. The van der Waals surface area contributed by atoms with Crippen LogP contribution in [0.2, 0.25) is 0 Å². The van der Waals surface area contributed by atoms with Gasteiger partial charge in [-0.25, -0.2) is 0 Å². The summed E-state index contributed by atoms with van der Waals surface area (Å²) in [6.45, 7) is 3.84. The molecule has 1 rings (SSSR count). The van der Waals surface area contributed by atoms with E-state index in [1.165, 1.54) is 43.3 Å². The van der Waals surface area contributed by atoms with E-state index in [-0.39, 0.29) is 0 Å². The molecule has 1 aliphatic carbocycles. The number of nitrogens with zero attached hydrogens (tertiary/aromatic N) is 1. The molecule has 0 aliphatic heterocycles. The molecule has 0 spiro atoms. The molecule has 0 aromatic rings. The summed E-state index contributed by atoms with van der Waals surface area (Å²) in [5, 5.41) is 0. The summed E-state index contributed by atoms with van der Waals surface area (Å²) in [6.07, 6.45) is 10.3. The summed E-state index contributed by atoms with van der Waals surface area (Å²) in [4.78, 5) is 4.07. The maximum atomic E-state index is 4.07. The third-order valence-electron chi connectivity index (χ3n) is 2.34. The van der Waals surface area contributed by atoms with Crippen LogP contribution >= 0.6 is 0 Å². The zero-order valence-corrected chi connectivity index (χ0v) is 7.84. The van der Waals surface area contributed by atoms with E-state index in [1.54, 1.807) is 0 Å². The van der Waals surface area contributed by atoms with Gasteiger partial charge in [-0.3, -0.25) is 4.99 Å². The minimum absolute atomic E-state index is 1.18. The monoisotopic (exact) mass is 163 g/mol. The van der Waals surface area contributed by atoms with E-state index in [0.29, 0.717) is 0 Å². The predicted molar refractivity (Wildman–Crippen MR) is 54.7 cm³/mol. The second-order valence-corrected chi connectivity index (χ2v) is 3.20. The number of allylic oxidation sites excluding steroid dienone is 3. The van der Waals surface area contributed by atoms with Crippen molar-refractivity contribution >= 4 is 6.21 Å². The smallest absolute Gasteiger partial charge is 0.0277 e. The third-order valence-corrected chi connectivity index (χ3v) is 2.34. The fraction of sp³-hybridized carbons (Fsp3) is 0.545. The maximum Gasteiger partial charge on any atom is 0.0277 e. The van der Waals surface area contributed by atoms with E-state index in [4.69, 9.17) is 0 Å². The van der Waals surface area contributed by atoms with Crippen molar-refractivity contribution in [3.05, 3.63) is 23.8 Å². The SMILES string of the molecule is C=CC1=C(C=NC)CCCCC1. The molecule has 1 heteroatoms. The summed E-state index contributed by atoms with van der Waals surface area (Å²) < 4.78 is 0. The van der Waals surface area contributed by atoms with Crippen LogP contribution in [0.4, 0.5) is 0 Å². The first-order valence-corrected chi connectivity index (χ1v) is 4.65. The van der Waals surface area contributed by atoms with E-state index in [1.807, 2.05) is 19.3 Å². The van der Waals surface area contributed by atoms with E-state index in [9.17, 15) is 0 Å². The van der Waals surface area contributed by atoms with Gasteiger partial charge in [0.2, 0.25) is 0 Å². The zero-order valence-electron chi connectivity index (χ0n) is 7.84. The van der Waals surface area contributed by atoms with Gasteiger partial charge in [-0.1, -0.05) is 19.1 Å². The molecule has 0 aromatic heterocycles. The van der Waals surface area contributed by atoms with Gasteiger partial charge in [0.05, 0.1) is 0 Å². The van der Waals surface area contributed by atoms with E-state index < -0.39 is 0 Å². The van der Waals surface area contributed by atoms with Crippen molar-refractivity contribution in [2.75, 3.05) is 7.05 Å². The van der Waals surface area contributed by atoms with Gasteiger partial charge >= 0.3 is 0 Å². The fourth-order valence-electron chi connectivity index (χ4n) is 1.67. The molecule has 0 bridgehead atoms. The maximum absolute atomic E-state index is 4.07. The first-order valence-electron chi connectivity index (χ1n) is 4.65. The molecular formula is C11H17N. The third kappa shape index (κ3) is 2.33. The van der Waals surface area contributed by atoms with Crippen molar-refractivity contribution in [1.82, 2.24) is 0 Å². The average Bonchev–Trinajstić information content (AvgIpc) is 2.30. The lowest BCUT2D eigenvalue weighted by molar-refractivity contribution is 0.712. The fourth-order valence-corrected chi connectivity index (χ4v) is 1.67. The van der Waals surface area contributed by atoms with Gasteiger partial charge in [-0.05, 0) is 36.8 Å². The molecule has 66 valence electrons. The first kappa shape index (κ1) is 9.24. The van der Waals surface area contributed by atoms with Crippen molar-refractivity contribution in [3.63, 3.8) is 0 Å². The van der Waals surface area contributed by atoms with Crippen LogP contribution in [0.3, 0.4) is 0 Å². The second-order valence-electron chi connectivity index (χ2n) is 3.20. The number of rotatable bonds is 2. The summed E-state index contributed by atoms with van der Waals surface area (Å²) in [5.41, 5.74) is 2.79. The van der Waals surface area contributed by atoms with Crippen LogP contribution in [0.5, 0.6) is 0 Å². The summed E-state index contributed by atoms with van der Waals surface area (Å²) >= 11 is 0. The standard InChI is InChI=1S/C11H17N/c1-3-10-7-5-4-6-8-11(10)9-12-2/h3,9H,1,4-8H2,2H3. The molecule has 12 heavy (non-hydrogen) atoms. The Morgan fingerprint density at radius 2 is 1.83 bits per heavy atom. The Morgan fingerprint density at radius 1 is 1.17 bits per heavy atom. The van der Waals surface area contributed by atoms with Crippen LogP contribution in [0.1, 0.15) is 32.1 Å². The van der Waals surface area contributed by atoms with E-state index in [0.717, 1.165) is 0 Å². The van der Waals surface area contributed by atoms with Crippen molar-refractivity contribution in [3.8, 4) is 0 Å². The Morgan fingerprint density at radius 3 is 2.42 bits per heavy atom. The van der Waals surface area contributed by atoms with Crippen molar-refractivity contribution in [2.24, 2.45) is 4.99 Å². The van der Waals surface area contributed by atoms with Crippen LogP contribution < -0.4 is 0 Å². The zero-order chi connectivity index (χ0) is 8.81. The van der Waals surface area contributed by atoms with Crippen LogP contribution in [-0.4, -0.2) is 13.3 Å². The molecule has 0 radical (unpaired) electrons. The molecule has 0 saturated heterocycles. The van der Waals surface area contributed by atoms with E-state index in [2.05, 4.69) is 11.6 Å². The highest BCUT2D eigenvalue weighted by Crippen LogP contribution is 2.22. The predicted octanol–water partition coefficient (Wildman–Crippen LogP) is 3.13.